The SMILES string of the molecule is OC(CN1CCc2c([nH]c3ccc(Cl)cc23)C1)C(O)c1ccccc1. The molecule has 4 nitrogen and oxygen atoms in total. The summed E-state index contributed by atoms with van der Waals surface area (Å²) >= 11 is 6.12. The van der Waals surface area contributed by atoms with Crippen molar-refractivity contribution in [2.45, 2.75) is 25.2 Å². The van der Waals surface area contributed by atoms with Crippen LogP contribution in [0.5, 0.6) is 0 Å². The van der Waals surface area contributed by atoms with E-state index in [9.17, 15) is 10.2 Å². The van der Waals surface area contributed by atoms with E-state index < -0.39 is 12.2 Å². The fourth-order valence-corrected chi connectivity index (χ4v) is 3.83. The van der Waals surface area contributed by atoms with Crippen LogP contribution in [-0.4, -0.2) is 39.3 Å². The molecule has 3 N–H and O–H groups in total. The molecular formula is C20H21ClN2O2. The van der Waals surface area contributed by atoms with Crippen LogP contribution in [0, 0.1) is 0 Å². The highest BCUT2D eigenvalue weighted by atomic mass is 35.5. The van der Waals surface area contributed by atoms with Gasteiger partial charge in [-0.15, -0.1) is 0 Å². The Morgan fingerprint density at radius 2 is 1.92 bits per heavy atom. The molecule has 1 aromatic heterocycles. The standard InChI is InChI=1S/C20H21ClN2O2/c21-14-6-7-17-16(10-14)15-8-9-23(11-18(15)22-17)12-19(24)20(25)13-4-2-1-3-5-13/h1-7,10,19-20,22,24-25H,8-9,11-12H2. The van der Waals surface area contributed by atoms with E-state index in [1.165, 1.54) is 16.6 Å². The molecule has 1 aliphatic rings. The Bertz CT molecular complexity index is 878. The van der Waals surface area contributed by atoms with Gasteiger partial charge < -0.3 is 15.2 Å². The van der Waals surface area contributed by atoms with E-state index >= 15 is 0 Å². The number of aliphatic hydroxyl groups excluding tert-OH is 2. The first-order valence-corrected chi connectivity index (χ1v) is 8.92. The highest BCUT2D eigenvalue weighted by Crippen LogP contribution is 2.30. The van der Waals surface area contributed by atoms with Gasteiger partial charge in [0.15, 0.2) is 0 Å². The van der Waals surface area contributed by atoms with Crippen LogP contribution in [-0.2, 0) is 13.0 Å². The summed E-state index contributed by atoms with van der Waals surface area (Å²) in [6.45, 7) is 2.02. The number of nitrogens with one attached hydrogen (secondary N) is 1. The summed E-state index contributed by atoms with van der Waals surface area (Å²) in [5.41, 5.74) is 4.32. The molecule has 2 unspecified atom stereocenters. The number of aromatic amines is 1. The average molecular weight is 357 g/mol. The van der Waals surface area contributed by atoms with Gasteiger partial charge in [-0.05, 0) is 35.7 Å². The van der Waals surface area contributed by atoms with E-state index in [0.29, 0.717) is 6.54 Å². The number of hydrogen-bond donors (Lipinski definition) is 3. The lowest BCUT2D eigenvalue weighted by molar-refractivity contribution is -0.00622. The maximum absolute atomic E-state index is 10.4. The molecule has 2 aromatic carbocycles. The number of hydrogen-bond acceptors (Lipinski definition) is 3. The predicted octanol–water partition coefficient (Wildman–Crippen LogP) is 3.27. The normalized spacial score (nSPS) is 17.4. The second-order valence-corrected chi connectivity index (χ2v) is 7.12. The lowest BCUT2D eigenvalue weighted by Crippen LogP contribution is -2.38. The van der Waals surface area contributed by atoms with E-state index in [1.807, 2.05) is 48.5 Å². The summed E-state index contributed by atoms with van der Waals surface area (Å²) in [7, 11) is 0. The minimum atomic E-state index is -0.871. The molecule has 5 heteroatoms. The third-order valence-electron chi connectivity index (χ3n) is 4.97. The topological polar surface area (TPSA) is 59.5 Å². The molecule has 2 atom stereocenters. The van der Waals surface area contributed by atoms with Crippen molar-refractivity contribution >= 4 is 22.5 Å². The van der Waals surface area contributed by atoms with Crippen LogP contribution in [0.3, 0.4) is 0 Å². The molecule has 0 saturated carbocycles. The van der Waals surface area contributed by atoms with E-state index in [4.69, 9.17) is 11.6 Å². The van der Waals surface area contributed by atoms with Crippen LogP contribution in [0.1, 0.15) is 22.9 Å². The Kier molecular flexibility index (Phi) is 4.52. The Balaban J connectivity index is 1.48. The van der Waals surface area contributed by atoms with Crippen molar-refractivity contribution < 1.29 is 10.2 Å². The number of β-amino-alcohol motifs (C(OH)–C–C–N with tert-alkyl or cyclic N) is 1. The Morgan fingerprint density at radius 3 is 2.72 bits per heavy atom. The average Bonchev–Trinajstić information content (AvgIpc) is 2.98. The smallest absolute Gasteiger partial charge is 0.106 e. The van der Waals surface area contributed by atoms with Crippen molar-refractivity contribution in [3.8, 4) is 0 Å². The van der Waals surface area contributed by atoms with Gasteiger partial charge in [-0.2, -0.15) is 0 Å². The van der Waals surface area contributed by atoms with Gasteiger partial charge in [-0.25, -0.2) is 0 Å². The summed E-state index contributed by atoms with van der Waals surface area (Å²) in [5.74, 6) is 0. The van der Waals surface area contributed by atoms with E-state index in [0.717, 1.165) is 35.6 Å². The number of aromatic nitrogens is 1. The molecular weight excluding hydrogens is 336 g/mol. The Hall–Kier alpha value is -1.85. The second-order valence-electron chi connectivity index (χ2n) is 6.68. The zero-order chi connectivity index (χ0) is 17.4. The first kappa shape index (κ1) is 16.6. The fraction of sp³-hybridized carbons (Fsp3) is 0.300. The Labute approximate surface area is 151 Å². The molecule has 0 radical (unpaired) electrons. The summed E-state index contributed by atoms with van der Waals surface area (Å²) < 4.78 is 0. The number of aliphatic hydroxyl groups is 2. The van der Waals surface area contributed by atoms with Crippen LogP contribution < -0.4 is 0 Å². The summed E-state index contributed by atoms with van der Waals surface area (Å²) in [6, 6.07) is 15.2. The van der Waals surface area contributed by atoms with Crippen LogP contribution in [0.15, 0.2) is 48.5 Å². The van der Waals surface area contributed by atoms with Crippen molar-refractivity contribution in [3.05, 3.63) is 70.4 Å². The molecule has 0 saturated heterocycles. The fourth-order valence-electron chi connectivity index (χ4n) is 3.66. The maximum Gasteiger partial charge on any atom is 0.106 e. The third-order valence-corrected chi connectivity index (χ3v) is 5.20. The highest BCUT2D eigenvalue weighted by molar-refractivity contribution is 6.31. The maximum atomic E-state index is 10.4. The quantitative estimate of drug-likeness (QED) is 0.672. The van der Waals surface area contributed by atoms with Gasteiger partial charge in [0.2, 0.25) is 0 Å². The van der Waals surface area contributed by atoms with E-state index in [1.54, 1.807) is 0 Å². The lowest BCUT2D eigenvalue weighted by Gasteiger charge is -2.30. The van der Waals surface area contributed by atoms with Crippen LogP contribution >= 0.6 is 11.6 Å². The predicted molar refractivity (Wildman–Crippen MR) is 99.7 cm³/mol. The van der Waals surface area contributed by atoms with Crippen molar-refractivity contribution in [1.29, 1.82) is 0 Å². The number of benzene rings is 2. The molecule has 2 heterocycles. The molecule has 0 amide bonds. The minimum absolute atomic E-state index is 0.436. The van der Waals surface area contributed by atoms with Crippen LogP contribution in [0.4, 0.5) is 0 Å². The molecule has 0 bridgehead atoms. The molecule has 1 aliphatic heterocycles. The van der Waals surface area contributed by atoms with Gasteiger partial charge >= 0.3 is 0 Å². The Morgan fingerprint density at radius 1 is 1.12 bits per heavy atom. The molecule has 4 rings (SSSR count). The molecule has 0 spiro atoms. The monoisotopic (exact) mass is 356 g/mol. The number of rotatable bonds is 4. The number of H-pyrrole nitrogens is 1. The van der Waals surface area contributed by atoms with Crippen molar-refractivity contribution in [3.63, 3.8) is 0 Å². The van der Waals surface area contributed by atoms with Crippen molar-refractivity contribution in [1.82, 2.24) is 9.88 Å². The van der Waals surface area contributed by atoms with Crippen LogP contribution in [0.25, 0.3) is 10.9 Å². The molecule has 0 fully saturated rings. The molecule has 25 heavy (non-hydrogen) atoms. The summed E-state index contributed by atoms with van der Waals surface area (Å²) in [5, 5.41) is 22.7. The first-order valence-electron chi connectivity index (χ1n) is 8.54. The molecule has 0 aliphatic carbocycles. The third kappa shape index (κ3) is 3.31. The second kappa shape index (κ2) is 6.81. The van der Waals surface area contributed by atoms with E-state index in [-0.39, 0.29) is 0 Å². The van der Waals surface area contributed by atoms with Crippen molar-refractivity contribution in [2.75, 3.05) is 13.1 Å². The van der Waals surface area contributed by atoms with Gasteiger partial charge in [-0.1, -0.05) is 41.9 Å². The van der Waals surface area contributed by atoms with Crippen molar-refractivity contribution in [2.24, 2.45) is 0 Å². The van der Waals surface area contributed by atoms with E-state index in [2.05, 4.69) is 9.88 Å². The van der Waals surface area contributed by atoms with Gasteiger partial charge in [0.05, 0.1) is 6.10 Å². The zero-order valence-electron chi connectivity index (χ0n) is 13.8. The number of halogens is 1. The first-order chi connectivity index (χ1) is 12.1. The van der Waals surface area contributed by atoms with Gasteiger partial charge in [0.25, 0.3) is 0 Å². The minimum Gasteiger partial charge on any atom is -0.389 e. The molecule has 3 aromatic rings. The van der Waals surface area contributed by atoms with Crippen LogP contribution in [0.2, 0.25) is 5.02 Å². The zero-order valence-corrected chi connectivity index (χ0v) is 14.6. The molecule has 130 valence electrons. The number of nitrogens with zero attached hydrogens (tertiary/aromatic N) is 1. The lowest BCUT2D eigenvalue weighted by atomic mass is 10.0. The van der Waals surface area contributed by atoms with Gasteiger partial charge in [0, 0.05) is 41.3 Å². The van der Waals surface area contributed by atoms with Gasteiger partial charge in [0.1, 0.15) is 6.10 Å². The highest BCUT2D eigenvalue weighted by Gasteiger charge is 2.25. The summed E-state index contributed by atoms with van der Waals surface area (Å²) in [6.07, 6.45) is -0.781. The van der Waals surface area contributed by atoms with Gasteiger partial charge in [-0.3, -0.25) is 4.90 Å². The largest absolute Gasteiger partial charge is 0.389 e. The number of fused-ring (bicyclic) bond motifs is 3. The summed E-state index contributed by atoms with van der Waals surface area (Å²) in [4.78, 5) is 5.64.